The van der Waals surface area contributed by atoms with E-state index in [0.29, 0.717) is 6.04 Å². The summed E-state index contributed by atoms with van der Waals surface area (Å²) in [4.78, 5) is 14.5. The van der Waals surface area contributed by atoms with E-state index in [9.17, 15) is 4.79 Å². The summed E-state index contributed by atoms with van der Waals surface area (Å²) in [7, 11) is 0. The monoisotopic (exact) mass is 266 g/mol. The molecule has 2 unspecified atom stereocenters. The van der Waals surface area contributed by atoms with Crippen LogP contribution in [0.25, 0.3) is 0 Å². The largest absolute Gasteiger partial charge is 0.352 e. The molecule has 2 atom stereocenters. The third kappa shape index (κ3) is 4.79. The number of hydrogen-bond donors (Lipinski definition) is 1. The van der Waals surface area contributed by atoms with E-state index in [-0.39, 0.29) is 11.8 Å². The number of piperidine rings is 1. The zero-order valence-corrected chi connectivity index (χ0v) is 12.8. The maximum absolute atomic E-state index is 11.9. The van der Waals surface area contributed by atoms with Crippen molar-refractivity contribution in [3.63, 3.8) is 0 Å². The van der Waals surface area contributed by atoms with Gasteiger partial charge in [-0.3, -0.25) is 4.79 Å². The highest BCUT2D eigenvalue weighted by Crippen LogP contribution is 2.31. The first-order chi connectivity index (χ1) is 9.08. The molecule has 110 valence electrons. The summed E-state index contributed by atoms with van der Waals surface area (Å²) in [6.07, 6.45) is 6.56. The van der Waals surface area contributed by atoms with E-state index in [1.807, 2.05) is 13.8 Å². The highest BCUT2D eigenvalue weighted by atomic mass is 16.1. The molecule has 1 heterocycles. The van der Waals surface area contributed by atoms with Crippen molar-refractivity contribution in [3.8, 4) is 0 Å². The quantitative estimate of drug-likeness (QED) is 0.801. The van der Waals surface area contributed by atoms with E-state index in [2.05, 4.69) is 17.1 Å². The van der Waals surface area contributed by atoms with Crippen molar-refractivity contribution in [1.82, 2.24) is 10.2 Å². The molecule has 2 rings (SSSR count). The normalized spacial score (nSPS) is 28.6. The molecule has 1 saturated heterocycles. The molecule has 0 aromatic rings. The number of amides is 1. The van der Waals surface area contributed by atoms with Crippen molar-refractivity contribution in [2.75, 3.05) is 19.6 Å². The Kier molecular flexibility index (Phi) is 5.26. The minimum atomic E-state index is 0.100. The van der Waals surface area contributed by atoms with Crippen LogP contribution in [0, 0.1) is 17.8 Å². The number of likely N-dealkylation sites (tertiary alicyclic amines) is 1. The molecule has 2 fully saturated rings. The Labute approximate surface area is 118 Å². The fraction of sp³-hybridized carbons (Fsp3) is 0.938. The molecule has 1 N–H and O–H groups in total. The number of nitrogens with one attached hydrogen (secondary N) is 1. The molecule has 0 radical (unpaired) electrons. The van der Waals surface area contributed by atoms with Gasteiger partial charge in [0.25, 0.3) is 0 Å². The second-order valence-electron chi connectivity index (χ2n) is 6.91. The van der Waals surface area contributed by atoms with Crippen LogP contribution in [0.4, 0.5) is 0 Å². The standard InChI is InChI=1S/C16H30N2O/c1-4-5-14-8-15(17-16(19)12(2)3)11-18(10-14)9-13-6-7-13/h12-15H,4-11H2,1-3H3,(H,17,19). The van der Waals surface area contributed by atoms with E-state index >= 15 is 0 Å². The number of nitrogens with zero attached hydrogens (tertiary/aromatic N) is 1. The average molecular weight is 266 g/mol. The minimum absolute atomic E-state index is 0.100. The Morgan fingerprint density at radius 1 is 1.26 bits per heavy atom. The van der Waals surface area contributed by atoms with Crippen LogP contribution in [-0.4, -0.2) is 36.5 Å². The molecule has 3 heteroatoms. The lowest BCUT2D eigenvalue weighted by molar-refractivity contribution is -0.125. The van der Waals surface area contributed by atoms with Gasteiger partial charge >= 0.3 is 0 Å². The van der Waals surface area contributed by atoms with Crippen LogP contribution in [0.3, 0.4) is 0 Å². The van der Waals surface area contributed by atoms with Crippen molar-refractivity contribution in [3.05, 3.63) is 0 Å². The Balaban J connectivity index is 1.87. The van der Waals surface area contributed by atoms with Gasteiger partial charge in [-0.1, -0.05) is 27.2 Å². The summed E-state index contributed by atoms with van der Waals surface area (Å²) >= 11 is 0. The Hall–Kier alpha value is -0.570. The van der Waals surface area contributed by atoms with Crippen molar-refractivity contribution in [2.24, 2.45) is 17.8 Å². The molecule has 1 amide bonds. The molecule has 0 aromatic carbocycles. The summed E-state index contributed by atoms with van der Waals surface area (Å²) in [6, 6.07) is 0.374. The zero-order valence-electron chi connectivity index (χ0n) is 12.8. The maximum Gasteiger partial charge on any atom is 0.222 e. The van der Waals surface area contributed by atoms with E-state index < -0.39 is 0 Å². The van der Waals surface area contributed by atoms with Gasteiger partial charge in [-0.2, -0.15) is 0 Å². The Morgan fingerprint density at radius 3 is 2.58 bits per heavy atom. The van der Waals surface area contributed by atoms with E-state index in [1.165, 1.54) is 45.2 Å². The van der Waals surface area contributed by atoms with Gasteiger partial charge in [0, 0.05) is 31.6 Å². The second-order valence-corrected chi connectivity index (χ2v) is 6.91. The van der Waals surface area contributed by atoms with E-state index in [1.54, 1.807) is 0 Å². The lowest BCUT2D eigenvalue weighted by atomic mass is 9.90. The maximum atomic E-state index is 11.9. The molecule has 0 aromatic heterocycles. The number of carbonyl (C=O) groups is 1. The average Bonchev–Trinajstić information content (AvgIpc) is 3.12. The predicted molar refractivity (Wildman–Crippen MR) is 78.9 cm³/mol. The Morgan fingerprint density at radius 2 is 2.00 bits per heavy atom. The van der Waals surface area contributed by atoms with Crippen molar-refractivity contribution in [2.45, 2.75) is 58.9 Å². The summed E-state index contributed by atoms with van der Waals surface area (Å²) in [5, 5.41) is 3.25. The lowest BCUT2D eigenvalue weighted by Gasteiger charge is -2.38. The van der Waals surface area contributed by atoms with Gasteiger partial charge in [-0.15, -0.1) is 0 Å². The van der Waals surface area contributed by atoms with Crippen LogP contribution >= 0.6 is 0 Å². The first-order valence-corrected chi connectivity index (χ1v) is 8.11. The van der Waals surface area contributed by atoms with Gasteiger partial charge in [-0.05, 0) is 37.5 Å². The summed E-state index contributed by atoms with van der Waals surface area (Å²) < 4.78 is 0. The third-order valence-corrected chi connectivity index (χ3v) is 4.39. The van der Waals surface area contributed by atoms with Gasteiger partial charge < -0.3 is 10.2 Å². The molecule has 1 aliphatic carbocycles. The van der Waals surface area contributed by atoms with E-state index in [0.717, 1.165) is 18.4 Å². The number of carbonyl (C=O) groups excluding carboxylic acids is 1. The van der Waals surface area contributed by atoms with Crippen molar-refractivity contribution < 1.29 is 4.79 Å². The van der Waals surface area contributed by atoms with Crippen molar-refractivity contribution in [1.29, 1.82) is 0 Å². The van der Waals surface area contributed by atoms with Gasteiger partial charge in [0.05, 0.1) is 0 Å². The predicted octanol–water partition coefficient (Wildman–Crippen LogP) is 2.66. The van der Waals surface area contributed by atoms with Gasteiger partial charge in [0.1, 0.15) is 0 Å². The molecule has 19 heavy (non-hydrogen) atoms. The van der Waals surface area contributed by atoms with Crippen LogP contribution in [0.2, 0.25) is 0 Å². The molecule has 3 nitrogen and oxygen atoms in total. The first kappa shape index (κ1) is 14.8. The number of rotatable bonds is 6. The third-order valence-electron chi connectivity index (χ3n) is 4.39. The fourth-order valence-electron chi connectivity index (χ4n) is 3.21. The fourth-order valence-corrected chi connectivity index (χ4v) is 3.21. The SMILES string of the molecule is CCCC1CC(NC(=O)C(C)C)CN(CC2CC2)C1. The summed E-state index contributed by atoms with van der Waals surface area (Å²) in [6.45, 7) is 9.79. The summed E-state index contributed by atoms with van der Waals surface area (Å²) in [5.41, 5.74) is 0. The molecular formula is C16H30N2O. The molecule has 1 aliphatic heterocycles. The number of hydrogen-bond acceptors (Lipinski definition) is 2. The minimum Gasteiger partial charge on any atom is -0.352 e. The lowest BCUT2D eigenvalue weighted by Crippen LogP contribution is -2.52. The molecule has 1 saturated carbocycles. The van der Waals surface area contributed by atoms with E-state index in [4.69, 9.17) is 0 Å². The first-order valence-electron chi connectivity index (χ1n) is 8.11. The molecule has 0 bridgehead atoms. The van der Waals surface area contributed by atoms with Crippen LogP contribution in [-0.2, 0) is 4.79 Å². The van der Waals surface area contributed by atoms with Gasteiger partial charge in [0.2, 0.25) is 5.91 Å². The molecular weight excluding hydrogens is 236 g/mol. The highest BCUT2D eigenvalue weighted by Gasteiger charge is 2.31. The van der Waals surface area contributed by atoms with Gasteiger partial charge in [0.15, 0.2) is 0 Å². The summed E-state index contributed by atoms with van der Waals surface area (Å²) in [5.74, 6) is 2.04. The van der Waals surface area contributed by atoms with Crippen molar-refractivity contribution >= 4 is 5.91 Å². The van der Waals surface area contributed by atoms with Crippen LogP contribution in [0.15, 0.2) is 0 Å². The van der Waals surface area contributed by atoms with Crippen LogP contribution in [0.1, 0.15) is 52.9 Å². The van der Waals surface area contributed by atoms with Gasteiger partial charge in [-0.25, -0.2) is 0 Å². The van der Waals surface area contributed by atoms with Crippen LogP contribution < -0.4 is 5.32 Å². The Bertz CT molecular complexity index is 299. The zero-order chi connectivity index (χ0) is 13.8. The molecule has 0 spiro atoms. The second kappa shape index (κ2) is 6.74. The smallest absolute Gasteiger partial charge is 0.222 e. The van der Waals surface area contributed by atoms with Crippen LogP contribution in [0.5, 0.6) is 0 Å². The topological polar surface area (TPSA) is 32.3 Å². The molecule has 2 aliphatic rings. The highest BCUT2D eigenvalue weighted by molar-refractivity contribution is 5.78.